The Hall–Kier alpha value is -2.44. The molecular formula is C27H36N2O4. The number of pyridine rings is 1. The second-order valence-corrected chi connectivity index (χ2v) is 9.09. The van der Waals surface area contributed by atoms with E-state index in [0.29, 0.717) is 19.8 Å². The Balaban J connectivity index is 1.20. The summed E-state index contributed by atoms with van der Waals surface area (Å²) in [6.45, 7) is 4.62. The number of hydrogen-bond acceptors (Lipinski definition) is 5. The lowest BCUT2D eigenvalue weighted by Gasteiger charge is -2.24. The van der Waals surface area contributed by atoms with Crippen molar-refractivity contribution in [1.82, 2.24) is 9.88 Å². The Labute approximate surface area is 196 Å². The Morgan fingerprint density at radius 3 is 2.76 bits per heavy atom. The molecule has 0 bridgehead atoms. The van der Waals surface area contributed by atoms with Gasteiger partial charge < -0.3 is 14.6 Å². The third-order valence-corrected chi connectivity index (χ3v) is 6.70. The van der Waals surface area contributed by atoms with Gasteiger partial charge in [0.25, 0.3) is 0 Å². The highest BCUT2D eigenvalue weighted by Crippen LogP contribution is 2.28. The maximum atomic E-state index is 12.0. The largest absolute Gasteiger partial charge is 0.494 e. The Morgan fingerprint density at radius 1 is 1.15 bits per heavy atom. The van der Waals surface area contributed by atoms with Gasteiger partial charge in [-0.05, 0) is 87.6 Å². The van der Waals surface area contributed by atoms with Gasteiger partial charge in [0, 0.05) is 31.1 Å². The van der Waals surface area contributed by atoms with Crippen molar-refractivity contribution in [3.8, 4) is 5.75 Å². The molecule has 2 atom stereocenters. The number of likely N-dealkylation sites (tertiary alicyclic amines) is 1. The Kier molecular flexibility index (Phi) is 8.35. The van der Waals surface area contributed by atoms with Crippen LogP contribution in [0, 0.1) is 0 Å². The number of carboxylic acid groups (broad SMARTS) is 1. The molecule has 6 heteroatoms. The minimum atomic E-state index is -0.822. The summed E-state index contributed by atoms with van der Waals surface area (Å²) in [4.78, 5) is 18.9. The van der Waals surface area contributed by atoms with E-state index in [1.54, 1.807) is 0 Å². The lowest BCUT2D eigenvalue weighted by molar-refractivity contribution is -0.143. The van der Waals surface area contributed by atoms with Crippen LogP contribution in [0.5, 0.6) is 5.75 Å². The molecule has 1 fully saturated rings. The van der Waals surface area contributed by atoms with Gasteiger partial charge in [0.05, 0.1) is 12.7 Å². The first kappa shape index (κ1) is 23.7. The fourth-order valence-corrected chi connectivity index (χ4v) is 4.97. The molecule has 2 heterocycles. The summed E-state index contributed by atoms with van der Waals surface area (Å²) in [6, 6.07) is 11.2. The number of ether oxygens (including phenoxy) is 2. The number of nitrogens with zero attached hydrogens (tertiary/aromatic N) is 2. The third kappa shape index (κ3) is 6.33. The van der Waals surface area contributed by atoms with E-state index in [2.05, 4.69) is 12.1 Å². The number of carbonyl (C=O) groups is 1. The Morgan fingerprint density at radius 2 is 1.97 bits per heavy atom. The molecule has 33 heavy (non-hydrogen) atoms. The van der Waals surface area contributed by atoms with Crippen LogP contribution in [0.4, 0.5) is 0 Å². The molecule has 0 radical (unpaired) electrons. The van der Waals surface area contributed by atoms with Crippen LogP contribution in [-0.4, -0.2) is 53.4 Å². The number of aromatic nitrogens is 1. The second-order valence-electron chi connectivity index (χ2n) is 9.09. The van der Waals surface area contributed by atoms with E-state index in [1.165, 1.54) is 36.2 Å². The zero-order valence-corrected chi connectivity index (χ0v) is 19.7. The number of aliphatic carboxylic acids is 1. The van der Waals surface area contributed by atoms with Gasteiger partial charge in [0.2, 0.25) is 0 Å². The highest BCUT2D eigenvalue weighted by Gasteiger charge is 2.34. The highest BCUT2D eigenvalue weighted by molar-refractivity contribution is 5.75. The predicted molar refractivity (Wildman–Crippen MR) is 128 cm³/mol. The minimum Gasteiger partial charge on any atom is -0.494 e. The SMILES string of the molecule is CCOc1ccc([C@@H](C(=O)O)N2CC[C@@H](OCCCCc3ccc4c(n3)CCCC4)C2)cc1. The molecule has 2 aromatic rings. The maximum absolute atomic E-state index is 12.0. The van der Waals surface area contributed by atoms with E-state index in [4.69, 9.17) is 14.5 Å². The first-order valence-electron chi connectivity index (χ1n) is 12.4. The summed E-state index contributed by atoms with van der Waals surface area (Å²) < 4.78 is 11.6. The number of hydrogen-bond donors (Lipinski definition) is 1. The van der Waals surface area contributed by atoms with Gasteiger partial charge in [-0.25, -0.2) is 0 Å². The van der Waals surface area contributed by atoms with Crippen LogP contribution in [0.3, 0.4) is 0 Å². The van der Waals surface area contributed by atoms with Gasteiger partial charge in [-0.15, -0.1) is 0 Å². The van der Waals surface area contributed by atoms with Crippen molar-refractivity contribution in [1.29, 1.82) is 0 Å². The smallest absolute Gasteiger partial charge is 0.325 e. The molecule has 1 aromatic carbocycles. The van der Waals surface area contributed by atoms with Crippen molar-refractivity contribution >= 4 is 5.97 Å². The van der Waals surface area contributed by atoms with Crippen molar-refractivity contribution in [3.05, 3.63) is 58.9 Å². The molecule has 1 saturated heterocycles. The predicted octanol–water partition coefficient (Wildman–Crippen LogP) is 4.60. The molecule has 6 nitrogen and oxygen atoms in total. The topological polar surface area (TPSA) is 71.9 Å². The normalized spacial score (nSPS) is 19.2. The first-order valence-corrected chi connectivity index (χ1v) is 12.4. The zero-order valence-electron chi connectivity index (χ0n) is 19.7. The van der Waals surface area contributed by atoms with Crippen LogP contribution in [-0.2, 0) is 28.8 Å². The summed E-state index contributed by atoms with van der Waals surface area (Å²) >= 11 is 0. The molecule has 0 amide bonds. The van der Waals surface area contributed by atoms with Crippen molar-refractivity contribution in [2.75, 3.05) is 26.3 Å². The van der Waals surface area contributed by atoms with Crippen LogP contribution in [0.2, 0.25) is 0 Å². The second kappa shape index (κ2) is 11.6. The van der Waals surface area contributed by atoms with Crippen LogP contribution in [0.15, 0.2) is 36.4 Å². The average Bonchev–Trinajstić information content (AvgIpc) is 3.28. The van der Waals surface area contributed by atoms with Crippen LogP contribution in [0.25, 0.3) is 0 Å². The van der Waals surface area contributed by atoms with E-state index in [9.17, 15) is 9.90 Å². The Bertz CT molecular complexity index is 915. The quantitative estimate of drug-likeness (QED) is 0.503. The molecule has 0 saturated carbocycles. The monoisotopic (exact) mass is 452 g/mol. The summed E-state index contributed by atoms with van der Waals surface area (Å²) in [5, 5.41) is 9.85. The number of fused-ring (bicyclic) bond motifs is 1. The van der Waals surface area contributed by atoms with Gasteiger partial charge in [0.1, 0.15) is 11.8 Å². The number of carboxylic acids is 1. The lowest BCUT2D eigenvalue weighted by atomic mass is 9.95. The van der Waals surface area contributed by atoms with Crippen molar-refractivity contribution in [2.24, 2.45) is 0 Å². The van der Waals surface area contributed by atoms with Gasteiger partial charge >= 0.3 is 5.97 Å². The number of benzene rings is 1. The minimum absolute atomic E-state index is 0.0939. The lowest BCUT2D eigenvalue weighted by Crippen LogP contribution is -2.33. The summed E-state index contributed by atoms with van der Waals surface area (Å²) in [5.41, 5.74) is 4.72. The molecule has 0 unspecified atom stereocenters. The van der Waals surface area contributed by atoms with Gasteiger partial charge in [-0.3, -0.25) is 14.7 Å². The van der Waals surface area contributed by atoms with Crippen molar-refractivity contribution in [3.63, 3.8) is 0 Å². The molecule has 1 aromatic heterocycles. The van der Waals surface area contributed by atoms with Crippen molar-refractivity contribution < 1.29 is 19.4 Å². The number of rotatable bonds is 11. The maximum Gasteiger partial charge on any atom is 0.325 e. The van der Waals surface area contributed by atoms with Crippen LogP contribution >= 0.6 is 0 Å². The summed E-state index contributed by atoms with van der Waals surface area (Å²) in [7, 11) is 0. The van der Waals surface area contributed by atoms with Gasteiger partial charge in [-0.2, -0.15) is 0 Å². The van der Waals surface area contributed by atoms with Crippen molar-refractivity contribution in [2.45, 2.75) is 70.4 Å². The fraction of sp³-hybridized carbons (Fsp3) is 0.556. The van der Waals surface area contributed by atoms with E-state index in [0.717, 1.165) is 50.0 Å². The fourth-order valence-electron chi connectivity index (χ4n) is 4.97. The average molecular weight is 453 g/mol. The molecule has 178 valence electrons. The molecule has 1 aliphatic carbocycles. The first-order chi connectivity index (χ1) is 16.1. The number of unbranched alkanes of at least 4 members (excludes halogenated alkanes) is 1. The highest BCUT2D eigenvalue weighted by atomic mass is 16.5. The molecule has 2 aliphatic rings. The third-order valence-electron chi connectivity index (χ3n) is 6.70. The van der Waals surface area contributed by atoms with Gasteiger partial charge in [0.15, 0.2) is 0 Å². The van der Waals surface area contributed by atoms with E-state index >= 15 is 0 Å². The number of aryl methyl sites for hydroxylation is 3. The summed E-state index contributed by atoms with van der Waals surface area (Å²) in [5.74, 6) is -0.0593. The molecule has 1 N–H and O–H groups in total. The molecule has 4 rings (SSSR count). The van der Waals surface area contributed by atoms with E-state index in [-0.39, 0.29) is 6.10 Å². The summed E-state index contributed by atoms with van der Waals surface area (Å²) in [6.07, 6.45) is 8.86. The van der Waals surface area contributed by atoms with E-state index < -0.39 is 12.0 Å². The molecule has 0 spiro atoms. The van der Waals surface area contributed by atoms with Crippen LogP contribution < -0.4 is 4.74 Å². The molecular weight excluding hydrogens is 416 g/mol. The molecule has 1 aliphatic heterocycles. The zero-order chi connectivity index (χ0) is 23.0. The van der Waals surface area contributed by atoms with E-state index in [1.807, 2.05) is 36.1 Å². The van der Waals surface area contributed by atoms with Crippen LogP contribution in [0.1, 0.15) is 67.6 Å². The standard InChI is InChI=1S/C27H36N2O4/c1-2-32-23-14-11-21(12-15-23)26(27(30)31)29-17-16-24(19-29)33-18-6-5-8-22-13-10-20-7-3-4-9-25(20)28-22/h10-15,24,26H,2-9,16-19H2,1H3,(H,30,31)/t24-,26+/m1/s1. The van der Waals surface area contributed by atoms with Gasteiger partial charge in [-0.1, -0.05) is 18.2 Å².